The maximum atomic E-state index is 11.9. The number of rotatable bonds is 4. The topological polar surface area (TPSA) is 50.4 Å². The zero-order chi connectivity index (χ0) is 12.1. The third-order valence-corrected chi connectivity index (χ3v) is 3.48. The van der Waals surface area contributed by atoms with Gasteiger partial charge in [-0.15, -0.1) is 0 Å². The van der Waals surface area contributed by atoms with Gasteiger partial charge in [0.25, 0.3) is 0 Å². The SMILES string of the molecule is CC(Cc1ccsc1)NC(=O)C1COCCN1. The van der Waals surface area contributed by atoms with Crippen molar-refractivity contribution in [2.24, 2.45) is 0 Å². The number of ether oxygens (including phenoxy) is 1. The fourth-order valence-electron chi connectivity index (χ4n) is 1.89. The first-order valence-corrected chi connectivity index (χ1v) is 6.82. The molecule has 1 saturated heterocycles. The maximum absolute atomic E-state index is 11.9. The van der Waals surface area contributed by atoms with Crippen molar-refractivity contribution >= 4 is 17.2 Å². The minimum Gasteiger partial charge on any atom is -0.378 e. The monoisotopic (exact) mass is 254 g/mol. The second-order valence-electron chi connectivity index (χ2n) is 4.33. The van der Waals surface area contributed by atoms with E-state index in [1.54, 1.807) is 11.3 Å². The summed E-state index contributed by atoms with van der Waals surface area (Å²) in [5.41, 5.74) is 1.27. The molecule has 0 aliphatic carbocycles. The zero-order valence-electron chi connectivity index (χ0n) is 9.94. The van der Waals surface area contributed by atoms with Crippen molar-refractivity contribution in [1.29, 1.82) is 0 Å². The lowest BCUT2D eigenvalue weighted by Crippen LogP contribution is -2.53. The summed E-state index contributed by atoms with van der Waals surface area (Å²) >= 11 is 1.68. The molecule has 1 amide bonds. The van der Waals surface area contributed by atoms with E-state index in [4.69, 9.17) is 4.74 Å². The van der Waals surface area contributed by atoms with Gasteiger partial charge in [-0.25, -0.2) is 0 Å². The molecule has 1 aliphatic heterocycles. The fourth-order valence-corrected chi connectivity index (χ4v) is 2.57. The summed E-state index contributed by atoms with van der Waals surface area (Å²) < 4.78 is 5.27. The molecule has 4 nitrogen and oxygen atoms in total. The van der Waals surface area contributed by atoms with Gasteiger partial charge in [0, 0.05) is 12.6 Å². The number of morpholine rings is 1. The van der Waals surface area contributed by atoms with Gasteiger partial charge in [0.2, 0.25) is 5.91 Å². The van der Waals surface area contributed by atoms with Crippen molar-refractivity contribution in [3.63, 3.8) is 0 Å². The van der Waals surface area contributed by atoms with Crippen LogP contribution >= 0.6 is 11.3 Å². The number of amides is 1. The lowest BCUT2D eigenvalue weighted by Gasteiger charge is -2.24. The summed E-state index contributed by atoms with van der Waals surface area (Å²) in [6.07, 6.45) is 0.878. The van der Waals surface area contributed by atoms with Gasteiger partial charge in [-0.1, -0.05) is 0 Å². The van der Waals surface area contributed by atoms with E-state index in [1.165, 1.54) is 5.56 Å². The molecule has 1 aromatic heterocycles. The van der Waals surface area contributed by atoms with Gasteiger partial charge in [0.05, 0.1) is 13.2 Å². The second kappa shape index (κ2) is 6.14. The molecule has 0 radical (unpaired) electrons. The molecule has 94 valence electrons. The molecule has 1 fully saturated rings. The Morgan fingerprint density at radius 2 is 2.65 bits per heavy atom. The van der Waals surface area contributed by atoms with Crippen molar-refractivity contribution in [2.75, 3.05) is 19.8 Å². The molecule has 2 N–H and O–H groups in total. The third-order valence-electron chi connectivity index (χ3n) is 2.75. The van der Waals surface area contributed by atoms with Gasteiger partial charge < -0.3 is 15.4 Å². The molecule has 2 heterocycles. The first-order valence-electron chi connectivity index (χ1n) is 5.88. The van der Waals surface area contributed by atoms with Crippen molar-refractivity contribution < 1.29 is 9.53 Å². The normalized spacial score (nSPS) is 22.1. The predicted molar refractivity (Wildman–Crippen MR) is 68.2 cm³/mol. The molecule has 1 aromatic rings. The Balaban J connectivity index is 1.77. The lowest BCUT2D eigenvalue weighted by atomic mass is 10.1. The summed E-state index contributed by atoms with van der Waals surface area (Å²) in [7, 11) is 0. The number of carbonyl (C=O) groups is 1. The molecule has 2 rings (SSSR count). The van der Waals surface area contributed by atoms with Crippen molar-refractivity contribution in [2.45, 2.75) is 25.4 Å². The first kappa shape index (κ1) is 12.5. The van der Waals surface area contributed by atoms with E-state index in [0.29, 0.717) is 13.2 Å². The lowest BCUT2D eigenvalue weighted by molar-refractivity contribution is -0.126. The molecule has 0 bridgehead atoms. The van der Waals surface area contributed by atoms with E-state index >= 15 is 0 Å². The first-order chi connectivity index (χ1) is 8.25. The minimum absolute atomic E-state index is 0.0347. The second-order valence-corrected chi connectivity index (χ2v) is 5.11. The standard InChI is InChI=1S/C12H18N2O2S/c1-9(6-10-2-5-17-8-10)14-12(15)11-7-16-4-3-13-11/h2,5,8-9,11,13H,3-4,6-7H2,1H3,(H,14,15). The van der Waals surface area contributed by atoms with Crippen molar-refractivity contribution in [1.82, 2.24) is 10.6 Å². The highest BCUT2D eigenvalue weighted by Crippen LogP contribution is 2.08. The van der Waals surface area contributed by atoms with Gasteiger partial charge >= 0.3 is 0 Å². The van der Waals surface area contributed by atoms with Gasteiger partial charge in [-0.05, 0) is 35.7 Å². The van der Waals surface area contributed by atoms with Gasteiger partial charge in [0.15, 0.2) is 0 Å². The molecule has 1 aliphatic rings. The highest BCUT2D eigenvalue weighted by molar-refractivity contribution is 7.07. The minimum atomic E-state index is -0.200. The van der Waals surface area contributed by atoms with Crippen LogP contribution in [0.25, 0.3) is 0 Å². The molecule has 0 spiro atoms. The number of thiophene rings is 1. The Hall–Kier alpha value is -0.910. The van der Waals surface area contributed by atoms with Crippen LogP contribution in [-0.2, 0) is 16.0 Å². The molecule has 0 saturated carbocycles. The Morgan fingerprint density at radius 1 is 1.76 bits per heavy atom. The van der Waals surface area contributed by atoms with E-state index < -0.39 is 0 Å². The number of hydrogen-bond donors (Lipinski definition) is 2. The number of hydrogen-bond acceptors (Lipinski definition) is 4. The molecule has 2 unspecified atom stereocenters. The highest BCUT2D eigenvalue weighted by atomic mass is 32.1. The molecule has 2 atom stereocenters. The molecule has 17 heavy (non-hydrogen) atoms. The Kier molecular flexibility index (Phi) is 4.53. The number of nitrogens with one attached hydrogen (secondary N) is 2. The maximum Gasteiger partial charge on any atom is 0.239 e. The molecular formula is C12H18N2O2S. The Labute approximate surface area is 105 Å². The molecular weight excluding hydrogens is 236 g/mol. The van der Waals surface area contributed by atoms with E-state index in [1.807, 2.05) is 6.92 Å². The summed E-state index contributed by atoms with van der Waals surface area (Å²) in [6, 6.07) is 2.05. The van der Waals surface area contributed by atoms with E-state index in [-0.39, 0.29) is 18.0 Å². The smallest absolute Gasteiger partial charge is 0.239 e. The Morgan fingerprint density at radius 3 is 3.29 bits per heavy atom. The van der Waals surface area contributed by atoms with Crippen LogP contribution in [-0.4, -0.2) is 37.7 Å². The summed E-state index contributed by atoms with van der Waals surface area (Å²) in [5.74, 6) is 0.0347. The van der Waals surface area contributed by atoms with Crippen LogP contribution in [0.1, 0.15) is 12.5 Å². The predicted octanol–water partition coefficient (Wildman–Crippen LogP) is 0.784. The fraction of sp³-hybridized carbons (Fsp3) is 0.583. The van der Waals surface area contributed by atoms with Crippen LogP contribution in [0.15, 0.2) is 16.8 Å². The van der Waals surface area contributed by atoms with Crippen LogP contribution in [0.3, 0.4) is 0 Å². The average molecular weight is 254 g/mol. The average Bonchev–Trinajstić information content (AvgIpc) is 2.82. The molecule has 0 aromatic carbocycles. The summed E-state index contributed by atoms with van der Waals surface area (Å²) in [6.45, 7) is 3.93. The van der Waals surface area contributed by atoms with E-state index in [2.05, 4.69) is 27.5 Å². The van der Waals surface area contributed by atoms with Crippen LogP contribution < -0.4 is 10.6 Å². The van der Waals surface area contributed by atoms with Crippen LogP contribution in [0, 0.1) is 0 Å². The third kappa shape index (κ3) is 3.80. The summed E-state index contributed by atoms with van der Waals surface area (Å²) in [5, 5.41) is 10.3. The van der Waals surface area contributed by atoms with Crippen molar-refractivity contribution in [3.05, 3.63) is 22.4 Å². The van der Waals surface area contributed by atoms with Gasteiger partial charge in [-0.3, -0.25) is 4.79 Å². The van der Waals surface area contributed by atoms with E-state index in [9.17, 15) is 4.79 Å². The zero-order valence-corrected chi connectivity index (χ0v) is 10.8. The van der Waals surface area contributed by atoms with Crippen LogP contribution in [0.5, 0.6) is 0 Å². The largest absolute Gasteiger partial charge is 0.378 e. The summed E-state index contributed by atoms with van der Waals surface area (Å²) in [4.78, 5) is 11.9. The number of carbonyl (C=O) groups excluding carboxylic acids is 1. The quantitative estimate of drug-likeness (QED) is 0.835. The highest BCUT2D eigenvalue weighted by Gasteiger charge is 2.22. The van der Waals surface area contributed by atoms with Gasteiger partial charge in [0.1, 0.15) is 6.04 Å². The van der Waals surface area contributed by atoms with Gasteiger partial charge in [-0.2, -0.15) is 11.3 Å². The van der Waals surface area contributed by atoms with E-state index in [0.717, 1.165) is 13.0 Å². The van der Waals surface area contributed by atoms with Crippen molar-refractivity contribution in [3.8, 4) is 0 Å². The van der Waals surface area contributed by atoms with Crippen LogP contribution in [0.2, 0.25) is 0 Å². The van der Waals surface area contributed by atoms with Crippen LogP contribution in [0.4, 0.5) is 0 Å². The molecule has 5 heteroatoms. The Bertz CT molecular complexity index is 347.